The molecule has 2 aromatic carbocycles. The molecule has 0 heterocycles. The highest BCUT2D eigenvalue weighted by atomic mass is 35.5. The van der Waals surface area contributed by atoms with E-state index in [1.165, 1.54) is 11.3 Å². The lowest BCUT2D eigenvalue weighted by Gasteiger charge is -2.22. The van der Waals surface area contributed by atoms with Crippen LogP contribution in [0.25, 0.3) is 0 Å². The predicted molar refractivity (Wildman–Crippen MR) is 79.2 cm³/mol. The van der Waals surface area contributed by atoms with Crippen molar-refractivity contribution in [3.05, 3.63) is 58.6 Å². The summed E-state index contributed by atoms with van der Waals surface area (Å²) in [6, 6.07) is 14.0. The van der Waals surface area contributed by atoms with Crippen LogP contribution in [0.15, 0.2) is 42.5 Å². The van der Waals surface area contributed by atoms with Gasteiger partial charge in [-0.25, -0.2) is 0 Å². The van der Waals surface area contributed by atoms with E-state index in [1.807, 2.05) is 24.3 Å². The first-order valence-corrected chi connectivity index (χ1v) is 6.26. The summed E-state index contributed by atoms with van der Waals surface area (Å²) in [6.07, 6.45) is 0. The molecule has 0 bridgehead atoms. The van der Waals surface area contributed by atoms with Crippen LogP contribution in [0, 0.1) is 6.92 Å². The zero-order valence-corrected chi connectivity index (χ0v) is 11.4. The number of hydrogen-bond acceptors (Lipinski definition) is 2. The summed E-state index contributed by atoms with van der Waals surface area (Å²) in [5.41, 5.74) is 10.3. The highest BCUT2D eigenvalue weighted by Crippen LogP contribution is 2.23. The van der Waals surface area contributed by atoms with E-state index in [9.17, 15) is 0 Å². The number of benzene rings is 2. The normalized spacial score (nSPS) is 10.4. The van der Waals surface area contributed by atoms with Crippen molar-refractivity contribution < 1.29 is 0 Å². The van der Waals surface area contributed by atoms with Crippen molar-refractivity contribution in [1.29, 1.82) is 0 Å². The maximum atomic E-state index is 5.97. The van der Waals surface area contributed by atoms with Gasteiger partial charge in [-0.3, -0.25) is 0 Å². The van der Waals surface area contributed by atoms with Gasteiger partial charge in [-0.2, -0.15) is 0 Å². The fraction of sp³-hybridized carbons (Fsp3) is 0.200. The number of halogens is 1. The van der Waals surface area contributed by atoms with Gasteiger partial charge in [0, 0.05) is 30.0 Å². The summed E-state index contributed by atoms with van der Waals surface area (Å²) in [4.78, 5) is 2.19. The summed E-state index contributed by atoms with van der Waals surface area (Å²) in [6.45, 7) is 2.88. The lowest BCUT2D eigenvalue weighted by Crippen LogP contribution is -2.18. The van der Waals surface area contributed by atoms with Gasteiger partial charge in [0.25, 0.3) is 0 Å². The molecule has 0 spiro atoms. The second kappa shape index (κ2) is 5.32. The van der Waals surface area contributed by atoms with E-state index in [1.54, 1.807) is 6.07 Å². The van der Waals surface area contributed by atoms with E-state index in [0.717, 1.165) is 17.8 Å². The first-order valence-electron chi connectivity index (χ1n) is 5.88. The molecule has 0 aliphatic carbocycles. The van der Waals surface area contributed by atoms with Crippen molar-refractivity contribution >= 4 is 23.0 Å². The zero-order chi connectivity index (χ0) is 13.1. The van der Waals surface area contributed by atoms with E-state index in [4.69, 9.17) is 17.3 Å². The summed E-state index contributed by atoms with van der Waals surface area (Å²) >= 11 is 5.90. The maximum Gasteiger partial charge on any atom is 0.0446 e. The summed E-state index contributed by atoms with van der Waals surface area (Å²) in [5.74, 6) is 0. The predicted octanol–water partition coefficient (Wildman–Crippen LogP) is 3.87. The molecule has 0 fully saturated rings. The molecule has 0 unspecified atom stereocenters. The molecule has 0 aliphatic heterocycles. The lowest BCUT2D eigenvalue weighted by atomic mass is 10.1. The molecule has 0 saturated carbocycles. The molecule has 3 heteroatoms. The Morgan fingerprint density at radius 1 is 1.17 bits per heavy atom. The van der Waals surface area contributed by atoms with E-state index in [-0.39, 0.29) is 0 Å². The Morgan fingerprint density at radius 2 is 1.89 bits per heavy atom. The first-order chi connectivity index (χ1) is 8.58. The number of nitrogens with two attached hydrogens (primary N) is 1. The van der Waals surface area contributed by atoms with Crippen molar-refractivity contribution in [2.24, 2.45) is 0 Å². The molecule has 2 N–H and O–H groups in total. The van der Waals surface area contributed by atoms with Gasteiger partial charge in [-0.15, -0.1) is 0 Å². The third-order valence-corrected chi connectivity index (χ3v) is 3.28. The Bertz CT molecular complexity index is 552. The second-order valence-corrected chi connectivity index (χ2v) is 4.92. The van der Waals surface area contributed by atoms with Crippen molar-refractivity contribution in [2.75, 3.05) is 17.7 Å². The van der Waals surface area contributed by atoms with Gasteiger partial charge < -0.3 is 10.6 Å². The first kappa shape index (κ1) is 12.8. The van der Waals surface area contributed by atoms with E-state index in [2.05, 4.69) is 31.0 Å². The molecule has 0 saturated heterocycles. The molecule has 18 heavy (non-hydrogen) atoms. The van der Waals surface area contributed by atoms with Crippen LogP contribution < -0.4 is 10.6 Å². The summed E-state index contributed by atoms with van der Waals surface area (Å²) < 4.78 is 0. The fourth-order valence-electron chi connectivity index (χ4n) is 2.04. The average molecular weight is 261 g/mol. The van der Waals surface area contributed by atoms with Gasteiger partial charge in [0.2, 0.25) is 0 Å². The summed E-state index contributed by atoms with van der Waals surface area (Å²) in [7, 11) is 2.07. The molecule has 0 aliphatic rings. The summed E-state index contributed by atoms with van der Waals surface area (Å²) in [5, 5.41) is 0.676. The third kappa shape index (κ3) is 2.77. The van der Waals surface area contributed by atoms with Gasteiger partial charge in [-0.05, 0) is 36.2 Å². The largest absolute Gasteiger partial charge is 0.398 e. The van der Waals surface area contributed by atoms with Gasteiger partial charge >= 0.3 is 0 Å². The van der Waals surface area contributed by atoms with E-state index >= 15 is 0 Å². The maximum absolute atomic E-state index is 5.97. The topological polar surface area (TPSA) is 29.3 Å². The molecule has 2 nitrogen and oxygen atoms in total. The molecular formula is C15H17ClN2. The Labute approximate surface area is 113 Å². The van der Waals surface area contributed by atoms with Gasteiger partial charge in [0.05, 0.1) is 0 Å². The molecular weight excluding hydrogens is 244 g/mol. The SMILES string of the molecule is Cc1ccccc1N(C)Cc1ccc(Cl)cc1N. The third-order valence-electron chi connectivity index (χ3n) is 3.04. The Hall–Kier alpha value is -1.67. The van der Waals surface area contributed by atoms with E-state index < -0.39 is 0 Å². The van der Waals surface area contributed by atoms with Gasteiger partial charge in [0.1, 0.15) is 0 Å². The van der Waals surface area contributed by atoms with Crippen molar-refractivity contribution in [3.63, 3.8) is 0 Å². The van der Waals surface area contributed by atoms with Crippen molar-refractivity contribution in [3.8, 4) is 0 Å². The van der Waals surface area contributed by atoms with Crippen LogP contribution in [-0.4, -0.2) is 7.05 Å². The monoisotopic (exact) mass is 260 g/mol. The van der Waals surface area contributed by atoms with Gasteiger partial charge in [-0.1, -0.05) is 35.9 Å². The number of nitrogens with zero attached hydrogens (tertiary/aromatic N) is 1. The molecule has 2 rings (SSSR count). The van der Waals surface area contributed by atoms with Crippen LogP contribution in [0.4, 0.5) is 11.4 Å². The lowest BCUT2D eigenvalue weighted by molar-refractivity contribution is 0.920. The molecule has 0 amide bonds. The van der Waals surface area contributed by atoms with Crippen molar-refractivity contribution in [1.82, 2.24) is 0 Å². The minimum atomic E-state index is 0.676. The molecule has 2 aromatic rings. The Kier molecular flexibility index (Phi) is 3.78. The minimum Gasteiger partial charge on any atom is -0.398 e. The van der Waals surface area contributed by atoms with Crippen LogP contribution in [0.2, 0.25) is 5.02 Å². The zero-order valence-electron chi connectivity index (χ0n) is 10.7. The van der Waals surface area contributed by atoms with E-state index in [0.29, 0.717) is 5.02 Å². The molecule has 0 aromatic heterocycles. The Morgan fingerprint density at radius 3 is 2.56 bits per heavy atom. The van der Waals surface area contributed by atoms with Crippen LogP contribution in [-0.2, 0) is 6.54 Å². The quantitative estimate of drug-likeness (QED) is 0.849. The van der Waals surface area contributed by atoms with Crippen molar-refractivity contribution in [2.45, 2.75) is 13.5 Å². The number of para-hydroxylation sites is 1. The second-order valence-electron chi connectivity index (χ2n) is 4.49. The highest BCUT2D eigenvalue weighted by Gasteiger charge is 2.07. The standard InChI is InChI=1S/C15H17ClN2/c1-11-5-3-4-6-15(11)18(2)10-12-7-8-13(16)9-14(12)17/h3-9H,10,17H2,1-2H3. The smallest absolute Gasteiger partial charge is 0.0446 e. The number of hydrogen-bond donors (Lipinski definition) is 1. The average Bonchev–Trinajstić information content (AvgIpc) is 2.33. The van der Waals surface area contributed by atoms with Crippen LogP contribution in [0.5, 0.6) is 0 Å². The highest BCUT2D eigenvalue weighted by molar-refractivity contribution is 6.30. The number of aryl methyl sites for hydroxylation is 1. The van der Waals surface area contributed by atoms with Gasteiger partial charge in [0.15, 0.2) is 0 Å². The molecule has 94 valence electrons. The van der Waals surface area contributed by atoms with Crippen LogP contribution >= 0.6 is 11.6 Å². The number of anilines is 2. The fourth-order valence-corrected chi connectivity index (χ4v) is 2.22. The molecule has 0 radical (unpaired) electrons. The van der Waals surface area contributed by atoms with Crippen LogP contribution in [0.3, 0.4) is 0 Å². The molecule has 0 atom stereocenters. The van der Waals surface area contributed by atoms with Crippen LogP contribution in [0.1, 0.15) is 11.1 Å². The number of nitrogen functional groups attached to an aromatic ring is 1. The minimum absolute atomic E-state index is 0.676. The number of rotatable bonds is 3. The Balaban J connectivity index is 2.21.